The van der Waals surface area contributed by atoms with Crippen LogP contribution in [0.2, 0.25) is 0 Å². The number of carboxylic acid groups (broad SMARTS) is 2. The van der Waals surface area contributed by atoms with E-state index in [1.165, 1.54) is 12.1 Å². The van der Waals surface area contributed by atoms with Gasteiger partial charge in [-0.25, -0.2) is 9.59 Å². The van der Waals surface area contributed by atoms with Gasteiger partial charge in [0.1, 0.15) is 34.1 Å². The van der Waals surface area contributed by atoms with E-state index in [4.69, 9.17) is 9.47 Å². The molecule has 0 aromatic heterocycles. The lowest BCUT2D eigenvalue weighted by Crippen LogP contribution is -2.28. The van der Waals surface area contributed by atoms with Gasteiger partial charge in [-0.15, -0.1) is 0 Å². The summed E-state index contributed by atoms with van der Waals surface area (Å²) in [6.45, 7) is 0. The van der Waals surface area contributed by atoms with Crippen LogP contribution in [0.1, 0.15) is 43.0 Å². The predicted molar refractivity (Wildman–Crippen MR) is 171 cm³/mol. The van der Waals surface area contributed by atoms with Crippen LogP contribution in [0, 0.1) is 0 Å². The Bertz CT molecular complexity index is 1910. The molecule has 6 aromatic rings. The van der Waals surface area contributed by atoms with Crippen molar-refractivity contribution in [2.75, 3.05) is 0 Å². The fourth-order valence-corrected chi connectivity index (χ4v) is 6.29. The maximum Gasteiger partial charge on any atom is 0.339 e. The van der Waals surface area contributed by atoms with E-state index in [1.54, 1.807) is 36.4 Å². The van der Waals surface area contributed by atoms with Crippen LogP contribution in [-0.2, 0) is 5.41 Å². The highest BCUT2D eigenvalue weighted by molar-refractivity contribution is 5.91. The molecule has 1 aliphatic rings. The molecule has 0 atom stereocenters. The normalized spacial score (nSPS) is 12.5. The van der Waals surface area contributed by atoms with Crippen LogP contribution >= 0.6 is 0 Å². The number of hydrogen-bond donors (Lipinski definition) is 2. The summed E-state index contributed by atoms with van der Waals surface area (Å²) in [6.07, 6.45) is 0. The summed E-state index contributed by atoms with van der Waals surface area (Å²) in [7, 11) is 0. The van der Waals surface area contributed by atoms with Crippen LogP contribution in [0.15, 0.2) is 146 Å². The molecule has 6 heteroatoms. The first-order chi connectivity index (χ1) is 22.0. The number of benzene rings is 6. The van der Waals surface area contributed by atoms with E-state index in [0.29, 0.717) is 11.5 Å². The Kier molecular flexibility index (Phi) is 6.87. The molecule has 2 N–H and O–H groups in total. The van der Waals surface area contributed by atoms with Gasteiger partial charge in [-0.1, -0.05) is 97.1 Å². The average molecular weight is 591 g/mol. The number of rotatable bonds is 8. The van der Waals surface area contributed by atoms with Crippen molar-refractivity contribution in [2.45, 2.75) is 5.41 Å². The Balaban J connectivity index is 1.34. The summed E-state index contributed by atoms with van der Waals surface area (Å²) < 4.78 is 12.1. The third-order valence-electron chi connectivity index (χ3n) is 8.22. The number of carbonyl (C=O) groups is 2. The second kappa shape index (κ2) is 11.2. The van der Waals surface area contributed by atoms with E-state index in [2.05, 4.69) is 24.3 Å². The molecule has 0 heterocycles. The number of aromatic carboxylic acids is 2. The number of ether oxygens (including phenoxy) is 2. The van der Waals surface area contributed by atoms with Gasteiger partial charge in [0.25, 0.3) is 0 Å². The van der Waals surface area contributed by atoms with Gasteiger partial charge in [-0.3, -0.25) is 0 Å². The highest BCUT2D eigenvalue weighted by Gasteiger charge is 2.45. The lowest BCUT2D eigenvalue weighted by Gasteiger charge is -2.34. The molecule has 0 aliphatic heterocycles. The largest absolute Gasteiger partial charge is 0.478 e. The smallest absolute Gasteiger partial charge is 0.339 e. The summed E-state index contributed by atoms with van der Waals surface area (Å²) in [6, 6.07) is 45.4. The van der Waals surface area contributed by atoms with E-state index in [9.17, 15) is 19.8 Å². The minimum absolute atomic E-state index is 0.0879. The first kappa shape index (κ1) is 27.7. The quantitative estimate of drug-likeness (QED) is 0.183. The van der Waals surface area contributed by atoms with Crippen molar-refractivity contribution in [3.8, 4) is 34.1 Å². The van der Waals surface area contributed by atoms with Gasteiger partial charge in [0.15, 0.2) is 0 Å². The van der Waals surface area contributed by atoms with Crippen LogP contribution in [-0.4, -0.2) is 22.2 Å². The summed E-state index contributed by atoms with van der Waals surface area (Å²) in [5, 5.41) is 19.2. The minimum Gasteiger partial charge on any atom is -0.478 e. The van der Waals surface area contributed by atoms with Crippen LogP contribution < -0.4 is 9.47 Å². The summed E-state index contributed by atoms with van der Waals surface area (Å²) in [5.41, 5.74) is 6.03. The number of fused-ring (bicyclic) bond motifs is 3. The highest BCUT2D eigenvalue weighted by atomic mass is 16.5. The second-order valence-electron chi connectivity index (χ2n) is 10.7. The Morgan fingerprint density at radius 2 is 0.800 bits per heavy atom. The van der Waals surface area contributed by atoms with Gasteiger partial charge in [-0.05, 0) is 81.9 Å². The standard InChI is InChI=1S/C39H26O6/c40-37(41)31-11-3-7-15-35(31)44-27-21-17-25(18-22-27)39(33-13-5-1-9-29(33)30-10-2-6-14-34(30)39)26-19-23-28(24-20-26)45-36-16-8-4-12-32(36)38(42)43/h1-24H,(H,40,41)(H,42,43). The highest BCUT2D eigenvalue weighted by Crippen LogP contribution is 2.56. The fourth-order valence-electron chi connectivity index (χ4n) is 6.29. The van der Waals surface area contributed by atoms with Gasteiger partial charge < -0.3 is 19.7 Å². The Morgan fingerprint density at radius 1 is 0.444 bits per heavy atom. The molecule has 0 bridgehead atoms. The zero-order valence-corrected chi connectivity index (χ0v) is 23.9. The molecule has 218 valence electrons. The molecular formula is C39H26O6. The molecule has 1 aliphatic carbocycles. The van der Waals surface area contributed by atoms with E-state index in [0.717, 1.165) is 33.4 Å². The maximum atomic E-state index is 11.7. The third-order valence-corrected chi connectivity index (χ3v) is 8.22. The number of para-hydroxylation sites is 2. The van der Waals surface area contributed by atoms with E-state index in [-0.39, 0.29) is 22.6 Å². The molecule has 0 unspecified atom stereocenters. The SMILES string of the molecule is O=C(O)c1ccccc1Oc1ccc(C2(c3ccc(Oc4ccccc4C(=O)O)cc3)c3ccccc3-c3ccccc32)cc1. The van der Waals surface area contributed by atoms with Crippen molar-refractivity contribution in [1.82, 2.24) is 0 Å². The number of carboxylic acids is 2. The lowest BCUT2D eigenvalue weighted by molar-refractivity contribution is 0.0683. The molecule has 0 radical (unpaired) electrons. The number of hydrogen-bond acceptors (Lipinski definition) is 4. The zero-order chi connectivity index (χ0) is 31.0. The molecule has 0 saturated carbocycles. The third kappa shape index (κ3) is 4.69. The first-order valence-electron chi connectivity index (χ1n) is 14.4. The molecule has 6 nitrogen and oxygen atoms in total. The fraction of sp³-hybridized carbons (Fsp3) is 0.0256. The molecule has 0 fully saturated rings. The van der Waals surface area contributed by atoms with Gasteiger partial charge in [0.2, 0.25) is 0 Å². The zero-order valence-electron chi connectivity index (χ0n) is 23.9. The Morgan fingerprint density at radius 3 is 1.20 bits per heavy atom. The van der Waals surface area contributed by atoms with Gasteiger partial charge in [-0.2, -0.15) is 0 Å². The van der Waals surface area contributed by atoms with E-state index >= 15 is 0 Å². The van der Waals surface area contributed by atoms with E-state index < -0.39 is 17.4 Å². The molecule has 45 heavy (non-hydrogen) atoms. The maximum absolute atomic E-state index is 11.7. The van der Waals surface area contributed by atoms with Gasteiger partial charge in [0.05, 0.1) is 5.41 Å². The van der Waals surface area contributed by atoms with Crippen LogP contribution in [0.5, 0.6) is 23.0 Å². The Labute approximate surface area is 259 Å². The Hall–Kier alpha value is -6.14. The van der Waals surface area contributed by atoms with Crippen molar-refractivity contribution in [2.24, 2.45) is 0 Å². The molecular weight excluding hydrogens is 564 g/mol. The van der Waals surface area contributed by atoms with Crippen molar-refractivity contribution >= 4 is 11.9 Å². The van der Waals surface area contributed by atoms with Crippen molar-refractivity contribution in [3.05, 3.63) is 179 Å². The molecule has 0 spiro atoms. The first-order valence-corrected chi connectivity index (χ1v) is 14.4. The summed E-state index contributed by atoms with van der Waals surface area (Å²) in [4.78, 5) is 23.5. The van der Waals surface area contributed by atoms with E-state index in [1.807, 2.05) is 72.8 Å². The topological polar surface area (TPSA) is 93.1 Å². The van der Waals surface area contributed by atoms with Gasteiger partial charge >= 0.3 is 11.9 Å². The second-order valence-corrected chi connectivity index (χ2v) is 10.7. The van der Waals surface area contributed by atoms with Gasteiger partial charge in [0, 0.05) is 0 Å². The monoisotopic (exact) mass is 590 g/mol. The molecule has 0 amide bonds. The van der Waals surface area contributed by atoms with Crippen LogP contribution in [0.25, 0.3) is 11.1 Å². The molecule has 6 aromatic carbocycles. The average Bonchev–Trinajstić information content (AvgIpc) is 3.37. The predicted octanol–water partition coefficient (Wildman–Crippen LogP) is 9.03. The summed E-state index contributed by atoms with van der Waals surface area (Å²) >= 11 is 0. The molecule has 7 rings (SSSR count). The van der Waals surface area contributed by atoms with Crippen LogP contribution in [0.4, 0.5) is 0 Å². The molecule has 0 saturated heterocycles. The van der Waals surface area contributed by atoms with Crippen molar-refractivity contribution in [3.63, 3.8) is 0 Å². The van der Waals surface area contributed by atoms with Crippen molar-refractivity contribution in [1.29, 1.82) is 0 Å². The van der Waals surface area contributed by atoms with Crippen LogP contribution in [0.3, 0.4) is 0 Å². The minimum atomic E-state index is -1.06. The lowest BCUT2D eigenvalue weighted by atomic mass is 9.68. The summed E-state index contributed by atoms with van der Waals surface area (Å²) in [5.74, 6) is -0.544. The van der Waals surface area contributed by atoms with Crippen molar-refractivity contribution < 1.29 is 29.3 Å².